The number of hydrogen-bond donors (Lipinski definition) is 1. The van der Waals surface area contributed by atoms with Gasteiger partial charge in [0, 0.05) is 18.5 Å². The third-order valence-corrected chi connectivity index (χ3v) is 7.17. The largest absolute Gasteiger partial charge is 0.423 e. The van der Waals surface area contributed by atoms with E-state index in [0.717, 1.165) is 23.8 Å². The quantitative estimate of drug-likeness (QED) is 0.634. The molecule has 3 aromatic rings. The fourth-order valence-electron chi connectivity index (χ4n) is 3.61. The van der Waals surface area contributed by atoms with Gasteiger partial charge >= 0.3 is 11.9 Å². The minimum Gasteiger partial charge on any atom is -0.375 e. The number of aryl methyl sites for hydroxylation is 2. The zero-order chi connectivity index (χ0) is 22.7. The van der Waals surface area contributed by atoms with E-state index in [1.165, 1.54) is 18.5 Å². The first-order valence-electron chi connectivity index (χ1n) is 9.82. The van der Waals surface area contributed by atoms with Gasteiger partial charge in [-0.1, -0.05) is 6.42 Å². The van der Waals surface area contributed by atoms with Crippen molar-refractivity contribution >= 4 is 22.5 Å². The van der Waals surface area contributed by atoms with Gasteiger partial charge in [0.15, 0.2) is 11.2 Å². The third kappa shape index (κ3) is 3.51. The summed E-state index contributed by atoms with van der Waals surface area (Å²) in [4.78, 5) is 34.5. The molecule has 12 heteroatoms. The summed E-state index contributed by atoms with van der Waals surface area (Å²) in [5.74, 6) is 0.454. The highest BCUT2D eigenvalue weighted by Crippen LogP contribution is 2.40. The lowest BCUT2D eigenvalue weighted by atomic mass is 9.85. The number of imidazole rings is 1. The lowest BCUT2D eigenvalue weighted by Gasteiger charge is -2.25. The number of alkyl halides is 3. The Morgan fingerprint density at radius 1 is 1.29 bits per heavy atom. The summed E-state index contributed by atoms with van der Waals surface area (Å²) in [6.45, 7) is 2.49. The molecule has 0 bridgehead atoms. The average molecular weight is 457 g/mol. The Labute approximate surface area is 178 Å². The standard InChI is InChI=1S/C19H22F3N5O3S/c1-10-12(24-16(31-10)18(2,30)19(20,21)22)8-27-15(28)13-14(25(3)17(27)29)23-9-26(13)7-11-5-4-6-11/h9,11,30H,4-8H2,1-3H3. The predicted octanol–water partition coefficient (Wildman–Crippen LogP) is 2.28. The molecule has 0 radical (unpaired) electrons. The van der Waals surface area contributed by atoms with Crippen LogP contribution in [0.15, 0.2) is 15.9 Å². The number of hydrogen-bond acceptors (Lipinski definition) is 6. The van der Waals surface area contributed by atoms with E-state index in [1.807, 2.05) is 0 Å². The summed E-state index contributed by atoms with van der Waals surface area (Å²) in [6, 6.07) is 0. The van der Waals surface area contributed by atoms with Gasteiger partial charge in [0.2, 0.25) is 5.60 Å². The van der Waals surface area contributed by atoms with Crippen molar-refractivity contribution in [2.24, 2.45) is 13.0 Å². The van der Waals surface area contributed by atoms with E-state index in [-0.39, 0.29) is 23.4 Å². The molecule has 1 saturated carbocycles. The highest BCUT2D eigenvalue weighted by molar-refractivity contribution is 7.11. The topological polar surface area (TPSA) is 94.9 Å². The maximum Gasteiger partial charge on any atom is 0.423 e. The Balaban J connectivity index is 1.78. The number of aromatic nitrogens is 5. The van der Waals surface area contributed by atoms with Gasteiger partial charge in [-0.2, -0.15) is 13.2 Å². The van der Waals surface area contributed by atoms with Gasteiger partial charge in [-0.25, -0.2) is 14.8 Å². The summed E-state index contributed by atoms with van der Waals surface area (Å²) in [6.07, 6.45) is -0.0817. The van der Waals surface area contributed by atoms with E-state index in [0.29, 0.717) is 35.6 Å². The molecule has 3 heterocycles. The molecule has 1 fully saturated rings. The predicted molar refractivity (Wildman–Crippen MR) is 108 cm³/mol. The first kappa shape index (κ1) is 21.8. The van der Waals surface area contributed by atoms with Crippen LogP contribution in [-0.2, 0) is 25.7 Å². The van der Waals surface area contributed by atoms with Crippen LogP contribution in [0.2, 0.25) is 0 Å². The van der Waals surface area contributed by atoms with Crippen molar-refractivity contribution in [2.75, 3.05) is 0 Å². The van der Waals surface area contributed by atoms with Crippen molar-refractivity contribution in [3.63, 3.8) is 0 Å². The molecule has 0 saturated heterocycles. The van der Waals surface area contributed by atoms with Gasteiger partial charge in [0.25, 0.3) is 5.56 Å². The van der Waals surface area contributed by atoms with Gasteiger partial charge in [0.05, 0.1) is 18.6 Å². The SMILES string of the molecule is Cc1sc(C(C)(O)C(F)(F)F)nc1Cn1c(=O)c2c(ncn2CC2CCC2)n(C)c1=O. The third-order valence-electron chi connectivity index (χ3n) is 5.95. The molecule has 168 valence electrons. The fraction of sp³-hybridized carbons (Fsp3) is 0.579. The van der Waals surface area contributed by atoms with Crippen molar-refractivity contribution in [1.29, 1.82) is 0 Å². The Morgan fingerprint density at radius 2 is 1.97 bits per heavy atom. The van der Waals surface area contributed by atoms with E-state index in [2.05, 4.69) is 9.97 Å². The van der Waals surface area contributed by atoms with Crippen LogP contribution < -0.4 is 11.2 Å². The molecule has 0 aliphatic heterocycles. The Hall–Kier alpha value is -2.47. The van der Waals surface area contributed by atoms with Gasteiger partial charge in [-0.15, -0.1) is 11.3 Å². The van der Waals surface area contributed by atoms with Gasteiger partial charge in [0.1, 0.15) is 5.01 Å². The van der Waals surface area contributed by atoms with Crippen molar-refractivity contribution in [1.82, 2.24) is 23.7 Å². The second kappa shape index (κ2) is 7.30. The molecule has 0 spiro atoms. The molecule has 0 amide bonds. The molecule has 0 aromatic carbocycles. The molecule has 1 aliphatic carbocycles. The van der Waals surface area contributed by atoms with Crippen molar-refractivity contribution in [3.8, 4) is 0 Å². The average Bonchev–Trinajstić information content (AvgIpc) is 3.23. The van der Waals surface area contributed by atoms with Crippen molar-refractivity contribution in [2.45, 2.75) is 58.0 Å². The zero-order valence-corrected chi connectivity index (χ0v) is 18.0. The summed E-state index contributed by atoms with van der Waals surface area (Å²) in [5.41, 5.74) is -3.64. The minimum atomic E-state index is -4.91. The molecule has 8 nitrogen and oxygen atoms in total. The number of aliphatic hydroxyl groups is 1. The lowest BCUT2D eigenvalue weighted by molar-refractivity contribution is -0.258. The summed E-state index contributed by atoms with van der Waals surface area (Å²) >= 11 is 0.688. The molecule has 1 atom stereocenters. The summed E-state index contributed by atoms with van der Waals surface area (Å²) in [7, 11) is 1.50. The number of fused-ring (bicyclic) bond motifs is 1. The molecule has 1 unspecified atom stereocenters. The van der Waals surface area contributed by atoms with E-state index in [9.17, 15) is 27.9 Å². The maximum atomic E-state index is 13.2. The van der Waals surface area contributed by atoms with Crippen LogP contribution in [0, 0.1) is 12.8 Å². The van der Waals surface area contributed by atoms with E-state index < -0.39 is 28.0 Å². The van der Waals surface area contributed by atoms with Crippen LogP contribution in [0.5, 0.6) is 0 Å². The van der Waals surface area contributed by atoms with Gasteiger partial charge in [-0.05, 0) is 32.6 Å². The minimum absolute atomic E-state index is 0.133. The number of rotatable bonds is 5. The highest BCUT2D eigenvalue weighted by Gasteiger charge is 2.53. The Kier molecular flexibility index (Phi) is 5.12. The van der Waals surface area contributed by atoms with Crippen molar-refractivity contribution in [3.05, 3.63) is 42.7 Å². The molecular formula is C19H22F3N5O3S. The highest BCUT2D eigenvalue weighted by atomic mass is 32.1. The van der Waals surface area contributed by atoms with E-state index in [4.69, 9.17) is 0 Å². The molecular weight excluding hydrogens is 435 g/mol. The van der Waals surface area contributed by atoms with Crippen LogP contribution in [0.1, 0.15) is 41.8 Å². The van der Waals surface area contributed by atoms with Crippen LogP contribution in [0.4, 0.5) is 13.2 Å². The molecule has 3 aromatic heterocycles. The fourth-order valence-corrected chi connectivity index (χ4v) is 4.60. The first-order valence-corrected chi connectivity index (χ1v) is 10.6. The van der Waals surface area contributed by atoms with Gasteiger partial charge < -0.3 is 9.67 Å². The lowest BCUT2D eigenvalue weighted by Crippen LogP contribution is -2.40. The number of halogens is 3. The van der Waals surface area contributed by atoms with Gasteiger partial charge in [-0.3, -0.25) is 13.9 Å². The van der Waals surface area contributed by atoms with Crippen molar-refractivity contribution < 1.29 is 18.3 Å². The maximum absolute atomic E-state index is 13.2. The van der Waals surface area contributed by atoms with E-state index in [1.54, 1.807) is 10.9 Å². The number of nitrogens with zero attached hydrogens (tertiary/aromatic N) is 5. The molecule has 1 aliphatic rings. The molecule has 31 heavy (non-hydrogen) atoms. The molecule has 4 rings (SSSR count). The van der Waals surface area contributed by atoms with Crippen LogP contribution in [-0.4, -0.2) is 35.0 Å². The smallest absolute Gasteiger partial charge is 0.375 e. The zero-order valence-electron chi connectivity index (χ0n) is 17.2. The summed E-state index contributed by atoms with van der Waals surface area (Å²) < 4.78 is 43.5. The van der Waals surface area contributed by atoms with Crippen LogP contribution in [0.3, 0.4) is 0 Å². The number of thiazole rings is 1. The Morgan fingerprint density at radius 3 is 2.55 bits per heavy atom. The monoisotopic (exact) mass is 457 g/mol. The molecule has 1 N–H and O–H groups in total. The van der Waals surface area contributed by atoms with E-state index >= 15 is 0 Å². The normalized spacial score (nSPS) is 17.1. The first-order chi connectivity index (χ1) is 14.4. The van der Waals surface area contributed by atoms with Crippen LogP contribution >= 0.6 is 11.3 Å². The second-order valence-electron chi connectivity index (χ2n) is 8.19. The Bertz CT molecular complexity index is 1260. The van der Waals surface area contributed by atoms with Crippen LogP contribution in [0.25, 0.3) is 11.2 Å². The summed E-state index contributed by atoms with van der Waals surface area (Å²) in [5, 5.41) is 9.39. The second-order valence-corrected chi connectivity index (χ2v) is 9.39.